The van der Waals surface area contributed by atoms with Crippen molar-refractivity contribution in [3.8, 4) is 0 Å². The van der Waals surface area contributed by atoms with E-state index in [1.54, 1.807) is 0 Å². The highest BCUT2D eigenvalue weighted by atomic mass is 79.9. The van der Waals surface area contributed by atoms with Gasteiger partial charge in [-0.05, 0) is 49.1 Å². The fourth-order valence-electron chi connectivity index (χ4n) is 3.69. The molecule has 1 aromatic carbocycles. The van der Waals surface area contributed by atoms with E-state index in [1.807, 2.05) is 0 Å². The molecule has 1 amide bonds. The molecule has 1 saturated carbocycles. The highest BCUT2D eigenvalue weighted by Gasteiger charge is 2.27. The molecule has 0 radical (unpaired) electrons. The maximum Gasteiger partial charge on any atom is 0.223 e. The molecule has 1 N–H and O–H groups in total. The van der Waals surface area contributed by atoms with Gasteiger partial charge in [0.25, 0.3) is 0 Å². The van der Waals surface area contributed by atoms with Gasteiger partial charge in [0.05, 0.1) is 0 Å². The van der Waals surface area contributed by atoms with E-state index in [0.29, 0.717) is 10.7 Å². The van der Waals surface area contributed by atoms with Gasteiger partial charge in [0, 0.05) is 17.3 Å². The number of nitrogens with one attached hydrogen (secondary N) is 1. The number of alkyl halides is 1. The molecule has 2 aliphatic rings. The molecule has 3 rings (SSSR count). The average molecular weight is 350 g/mol. The van der Waals surface area contributed by atoms with Crippen LogP contribution in [0.15, 0.2) is 24.3 Å². The SMILES string of the molecule is O=C(NCC1CCCCC1Br)C1CCc2ccccc2C1. The highest BCUT2D eigenvalue weighted by Crippen LogP contribution is 2.30. The second kappa shape index (κ2) is 6.95. The number of benzene rings is 1. The fraction of sp³-hybridized carbons (Fsp3) is 0.611. The summed E-state index contributed by atoms with van der Waals surface area (Å²) in [5, 5.41) is 3.21. The lowest BCUT2D eigenvalue weighted by Gasteiger charge is -2.29. The van der Waals surface area contributed by atoms with E-state index in [1.165, 1.54) is 36.8 Å². The Balaban J connectivity index is 1.52. The summed E-state index contributed by atoms with van der Waals surface area (Å²) >= 11 is 3.77. The number of aryl methyl sites for hydroxylation is 1. The number of amides is 1. The maximum absolute atomic E-state index is 12.4. The first-order valence-electron chi connectivity index (χ1n) is 8.22. The molecule has 3 atom stereocenters. The van der Waals surface area contributed by atoms with Crippen LogP contribution in [-0.2, 0) is 17.6 Å². The summed E-state index contributed by atoms with van der Waals surface area (Å²) in [6.07, 6.45) is 8.05. The predicted octanol–water partition coefficient (Wildman–Crippen LogP) is 3.86. The summed E-state index contributed by atoms with van der Waals surface area (Å²) in [6, 6.07) is 8.54. The van der Waals surface area contributed by atoms with Crippen LogP contribution in [0.5, 0.6) is 0 Å². The number of halogens is 1. The molecule has 114 valence electrons. The third-order valence-corrected chi connectivity index (χ3v) is 6.28. The first-order valence-corrected chi connectivity index (χ1v) is 9.14. The van der Waals surface area contributed by atoms with Gasteiger partial charge in [-0.15, -0.1) is 0 Å². The molecule has 0 aromatic heterocycles. The zero-order chi connectivity index (χ0) is 14.7. The average Bonchev–Trinajstić information content (AvgIpc) is 2.53. The monoisotopic (exact) mass is 349 g/mol. The molecule has 1 fully saturated rings. The van der Waals surface area contributed by atoms with Crippen LogP contribution in [0.25, 0.3) is 0 Å². The Labute approximate surface area is 135 Å². The molecule has 21 heavy (non-hydrogen) atoms. The van der Waals surface area contributed by atoms with Gasteiger partial charge in [0.2, 0.25) is 5.91 Å². The van der Waals surface area contributed by atoms with Gasteiger partial charge in [-0.3, -0.25) is 4.79 Å². The Kier molecular flexibility index (Phi) is 4.99. The van der Waals surface area contributed by atoms with Gasteiger partial charge in [-0.25, -0.2) is 0 Å². The van der Waals surface area contributed by atoms with Gasteiger partial charge in [0.1, 0.15) is 0 Å². The summed E-state index contributed by atoms with van der Waals surface area (Å²) in [6.45, 7) is 0.840. The molecular formula is C18H24BrNO. The number of hydrogen-bond acceptors (Lipinski definition) is 1. The second-order valence-electron chi connectivity index (χ2n) is 6.51. The van der Waals surface area contributed by atoms with E-state index in [0.717, 1.165) is 25.8 Å². The Morgan fingerprint density at radius 3 is 2.71 bits per heavy atom. The van der Waals surface area contributed by atoms with Crippen LogP contribution in [-0.4, -0.2) is 17.3 Å². The minimum absolute atomic E-state index is 0.164. The van der Waals surface area contributed by atoms with E-state index in [-0.39, 0.29) is 11.8 Å². The molecular weight excluding hydrogens is 326 g/mol. The minimum atomic E-state index is 0.164. The predicted molar refractivity (Wildman–Crippen MR) is 89.6 cm³/mol. The van der Waals surface area contributed by atoms with Crippen molar-refractivity contribution in [1.82, 2.24) is 5.32 Å². The molecule has 2 nitrogen and oxygen atoms in total. The van der Waals surface area contributed by atoms with Crippen molar-refractivity contribution in [3.05, 3.63) is 35.4 Å². The molecule has 1 aromatic rings. The minimum Gasteiger partial charge on any atom is -0.356 e. The first kappa shape index (κ1) is 15.1. The third-order valence-electron chi connectivity index (χ3n) is 5.07. The van der Waals surface area contributed by atoms with E-state index >= 15 is 0 Å². The standard InChI is InChI=1S/C18H24BrNO/c19-17-8-4-3-7-16(17)12-20-18(21)15-10-9-13-5-1-2-6-14(13)11-15/h1-2,5-6,15-17H,3-4,7-12H2,(H,20,21). The molecule has 3 unspecified atom stereocenters. The molecule has 2 aliphatic carbocycles. The second-order valence-corrected chi connectivity index (χ2v) is 7.69. The summed E-state index contributed by atoms with van der Waals surface area (Å²) in [5.41, 5.74) is 2.79. The molecule has 0 bridgehead atoms. The summed E-state index contributed by atoms with van der Waals surface area (Å²) in [5.74, 6) is 1.03. The summed E-state index contributed by atoms with van der Waals surface area (Å²) in [4.78, 5) is 13.0. The van der Waals surface area contributed by atoms with Crippen LogP contribution in [0.1, 0.15) is 43.2 Å². The number of rotatable bonds is 3. The van der Waals surface area contributed by atoms with Crippen molar-refractivity contribution in [1.29, 1.82) is 0 Å². The largest absolute Gasteiger partial charge is 0.356 e. The van der Waals surface area contributed by atoms with Crippen molar-refractivity contribution >= 4 is 21.8 Å². The van der Waals surface area contributed by atoms with E-state index in [2.05, 4.69) is 45.5 Å². The Bertz CT molecular complexity index is 502. The Morgan fingerprint density at radius 1 is 1.14 bits per heavy atom. The van der Waals surface area contributed by atoms with Gasteiger partial charge in [-0.2, -0.15) is 0 Å². The highest BCUT2D eigenvalue weighted by molar-refractivity contribution is 9.09. The van der Waals surface area contributed by atoms with Crippen molar-refractivity contribution in [2.75, 3.05) is 6.54 Å². The molecule has 0 heterocycles. The summed E-state index contributed by atoms with van der Waals surface area (Å²) in [7, 11) is 0. The van der Waals surface area contributed by atoms with Crippen LogP contribution >= 0.6 is 15.9 Å². The zero-order valence-electron chi connectivity index (χ0n) is 12.5. The van der Waals surface area contributed by atoms with Crippen molar-refractivity contribution < 1.29 is 4.79 Å². The van der Waals surface area contributed by atoms with Crippen molar-refractivity contribution in [3.63, 3.8) is 0 Å². The fourth-order valence-corrected chi connectivity index (χ4v) is 4.46. The molecule has 3 heteroatoms. The van der Waals surface area contributed by atoms with Crippen LogP contribution in [0.3, 0.4) is 0 Å². The van der Waals surface area contributed by atoms with Crippen molar-refractivity contribution in [2.45, 2.75) is 49.8 Å². The van der Waals surface area contributed by atoms with Crippen LogP contribution in [0.4, 0.5) is 0 Å². The van der Waals surface area contributed by atoms with Crippen LogP contribution < -0.4 is 5.32 Å². The van der Waals surface area contributed by atoms with Gasteiger partial charge in [0.15, 0.2) is 0 Å². The number of fused-ring (bicyclic) bond motifs is 1. The lowest BCUT2D eigenvalue weighted by Crippen LogP contribution is -2.39. The van der Waals surface area contributed by atoms with Crippen molar-refractivity contribution in [2.24, 2.45) is 11.8 Å². The Hall–Kier alpha value is -0.830. The van der Waals surface area contributed by atoms with E-state index < -0.39 is 0 Å². The van der Waals surface area contributed by atoms with Gasteiger partial charge < -0.3 is 5.32 Å². The normalized spacial score (nSPS) is 28.7. The zero-order valence-corrected chi connectivity index (χ0v) is 14.1. The summed E-state index contributed by atoms with van der Waals surface area (Å²) < 4.78 is 0. The molecule has 0 spiro atoms. The van der Waals surface area contributed by atoms with E-state index in [4.69, 9.17) is 0 Å². The van der Waals surface area contributed by atoms with Gasteiger partial charge >= 0.3 is 0 Å². The first-order chi connectivity index (χ1) is 10.2. The number of carbonyl (C=O) groups excluding carboxylic acids is 1. The number of hydrogen-bond donors (Lipinski definition) is 1. The topological polar surface area (TPSA) is 29.1 Å². The lowest BCUT2D eigenvalue weighted by molar-refractivity contribution is -0.125. The maximum atomic E-state index is 12.4. The number of carbonyl (C=O) groups is 1. The van der Waals surface area contributed by atoms with Gasteiger partial charge in [-0.1, -0.05) is 53.0 Å². The lowest BCUT2D eigenvalue weighted by atomic mass is 9.83. The molecule has 0 aliphatic heterocycles. The quantitative estimate of drug-likeness (QED) is 0.824. The smallest absolute Gasteiger partial charge is 0.223 e. The van der Waals surface area contributed by atoms with Crippen LogP contribution in [0, 0.1) is 11.8 Å². The van der Waals surface area contributed by atoms with Crippen LogP contribution in [0.2, 0.25) is 0 Å². The molecule has 0 saturated heterocycles. The van der Waals surface area contributed by atoms with E-state index in [9.17, 15) is 4.79 Å². The third kappa shape index (κ3) is 3.68. The Morgan fingerprint density at radius 2 is 1.90 bits per heavy atom.